The zero-order chi connectivity index (χ0) is 12.5. The van der Waals surface area contributed by atoms with Crippen molar-refractivity contribution < 1.29 is 13.2 Å². The molecule has 1 saturated carbocycles. The Kier molecular flexibility index (Phi) is 3.46. The fourth-order valence-electron chi connectivity index (χ4n) is 1.91. The summed E-state index contributed by atoms with van der Waals surface area (Å²) in [7, 11) is -0.168. The van der Waals surface area contributed by atoms with Crippen molar-refractivity contribution in [3.05, 3.63) is 24.5 Å². The van der Waals surface area contributed by atoms with Gasteiger partial charge in [0.1, 0.15) is 4.90 Å². The number of hydrogen-bond donors (Lipinski definition) is 0. The van der Waals surface area contributed by atoms with E-state index in [1.54, 1.807) is 32.5 Å². The third-order valence-electron chi connectivity index (χ3n) is 3.04. The predicted octanol–water partition coefficient (Wildman–Crippen LogP) is 0.737. The van der Waals surface area contributed by atoms with Crippen LogP contribution < -0.4 is 0 Å². The van der Waals surface area contributed by atoms with Crippen LogP contribution in [0.5, 0.6) is 0 Å². The second-order valence-corrected chi connectivity index (χ2v) is 6.23. The molecule has 2 atom stereocenters. The van der Waals surface area contributed by atoms with Crippen LogP contribution >= 0.6 is 0 Å². The van der Waals surface area contributed by atoms with Gasteiger partial charge in [0.05, 0.1) is 6.61 Å². The first-order valence-corrected chi connectivity index (χ1v) is 6.88. The molecule has 1 fully saturated rings. The molecule has 5 nitrogen and oxygen atoms in total. The van der Waals surface area contributed by atoms with Crippen LogP contribution in [0.4, 0.5) is 0 Å². The molecule has 0 N–H and O–H groups in total. The van der Waals surface area contributed by atoms with Crippen LogP contribution in [-0.4, -0.2) is 44.5 Å². The monoisotopic (exact) mass is 256 g/mol. The van der Waals surface area contributed by atoms with Gasteiger partial charge >= 0.3 is 0 Å². The van der Waals surface area contributed by atoms with Crippen LogP contribution in [0, 0.1) is 5.92 Å². The minimum Gasteiger partial charge on any atom is -0.384 e. The normalized spacial score (nSPS) is 23.9. The summed E-state index contributed by atoms with van der Waals surface area (Å²) in [4.78, 5) is 4.08. The fraction of sp³-hybridized carbons (Fsp3) is 0.545. The molecule has 0 saturated heterocycles. The Labute approximate surface area is 101 Å². The van der Waals surface area contributed by atoms with E-state index in [4.69, 9.17) is 4.74 Å². The van der Waals surface area contributed by atoms with Gasteiger partial charge in [-0.15, -0.1) is 0 Å². The second kappa shape index (κ2) is 4.72. The molecule has 1 aromatic heterocycles. The van der Waals surface area contributed by atoms with E-state index in [1.807, 2.05) is 0 Å². The summed E-state index contributed by atoms with van der Waals surface area (Å²) in [5, 5.41) is 0. The number of rotatable bonds is 5. The molecule has 0 aromatic carbocycles. The molecule has 0 aliphatic heterocycles. The lowest BCUT2D eigenvalue weighted by Gasteiger charge is -2.16. The Morgan fingerprint density at radius 1 is 1.59 bits per heavy atom. The maximum absolute atomic E-state index is 12.2. The second-order valence-electron chi connectivity index (χ2n) is 4.23. The van der Waals surface area contributed by atoms with E-state index in [9.17, 15) is 8.42 Å². The van der Waals surface area contributed by atoms with E-state index < -0.39 is 10.0 Å². The molecule has 6 heteroatoms. The highest BCUT2D eigenvalue weighted by molar-refractivity contribution is 7.89. The highest BCUT2D eigenvalue weighted by Crippen LogP contribution is 2.37. The Hall–Kier alpha value is -0.980. The fourth-order valence-corrected chi connectivity index (χ4v) is 3.31. The molecule has 1 heterocycles. The van der Waals surface area contributed by atoms with E-state index >= 15 is 0 Å². The van der Waals surface area contributed by atoms with Crippen molar-refractivity contribution in [2.75, 3.05) is 20.8 Å². The minimum absolute atomic E-state index is 0.0557. The van der Waals surface area contributed by atoms with Crippen LogP contribution in [0.2, 0.25) is 0 Å². The lowest BCUT2D eigenvalue weighted by molar-refractivity contribution is 0.179. The topological polar surface area (TPSA) is 59.5 Å². The van der Waals surface area contributed by atoms with Gasteiger partial charge in [-0.25, -0.2) is 8.42 Å². The summed E-state index contributed by atoms with van der Waals surface area (Å²) in [6.07, 6.45) is 3.80. The van der Waals surface area contributed by atoms with Crippen molar-refractivity contribution in [1.82, 2.24) is 9.29 Å². The molecule has 0 bridgehead atoms. The van der Waals surface area contributed by atoms with Gasteiger partial charge in [-0.1, -0.05) is 0 Å². The predicted molar refractivity (Wildman–Crippen MR) is 63.0 cm³/mol. The first kappa shape index (κ1) is 12.5. The average molecular weight is 256 g/mol. The van der Waals surface area contributed by atoms with Crippen molar-refractivity contribution in [2.45, 2.75) is 17.4 Å². The molecule has 0 radical (unpaired) electrons. The maximum Gasteiger partial charge on any atom is 0.244 e. The van der Waals surface area contributed by atoms with Gasteiger partial charge in [-0.05, 0) is 18.6 Å². The molecule has 1 aliphatic carbocycles. The number of nitrogens with zero attached hydrogens (tertiary/aromatic N) is 2. The van der Waals surface area contributed by atoms with E-state index in [-0.39, 0.29) is 10.9 Å². The average Bonchev–Trinajstić information content (AvgIpc) is 3.09. The maximum atomic E-state index is 12.2. The van der Waals surface area contributed by atoms with Gasteiger partial charge in [-0.3, -0.25) is 4.98 Å². The van der Waals surface area contributed by atoms with E-state index in [0.717, 1.165) is 6.42 Å². The molecule has 94 valence electrons. The molecule has 0 amide bonds. The number of sulfonamides is 1. The van der Waals surface area contributed by atoms with Crippen LogP contribution in [0.1, 0.15) is 6.42 Å². The van der Waals surface area contributed by atoms with Crippen LogP contribution in [0.25, 0.3) is 0 Å². The van der Waals surface area contributed by atoms with Crippen molar-refractivity contribution in [2.24, 2.45) is 5.92 Å². The van der Waals surface area contributed by atoms with Gasteiger partial charge in [-0.2, -0.15) is 4.31 Å². The van der Waals surface area contributed by atoms with Crippen LogP contribution in [0.15, 0.2) is 29.4 Å². The van der Waals surface area contributed by atoms with Crippen molar-refractivity contribution in [3.63, 3.8) is 0 Å². The highest BCUT2D eigenvalue weighted by Gasteiger charge is 2.44. The van der Waals surface area contributed by atoms with Crippen molar-refractivity contribution >= 4 is 10.0 Å². The summed E-state index contributed by atoms with van der Waals surface area (Å²) >= 11 is 0. The Bertz CT molecular complexity index is 475. The first-order chi connectivity index (χ1) is 8.07. The SMILES string of the molecule is COC[C@H]1C[C@@H]1N(C)S(=O)(=O)c1cccnc1. The molecule has 2 rings (SSSR count). The number of methoxy groups -OCH3 is 1. The van der Waals surface area contributed by atoms with Crippen LogP contribution in [-0.2, 0) is 14.8 Å². The third-order valence-corrected chi connectivity index (χ3v) is 4.91. The summed E-state index contributed by atoms with van der Waals surface area (Å²) in [6.45, 7) is 0.609. The number of hydrogen-bond acceptors (Lipinski definition) is 4. The molecular weight excluding hydrogens is 240 g/mol. The van der Waals surface area contributed by atoms with Gasteiger partial charge < -0.3 is 4.74 Å². The number of ether oxygens (including phenoxy) is 1. The Morgan fingerprint density at radius 2 is 2.35 bits per heavy atom. The number of aromatic nitrogens is 1. The standard InChI is InChI=1S/C11H16N2O3S/c1-13(11-6-9(11)8-16-2)17(14,15)10-4-3-5-12-7-10/h3-5,7,9,11H,6,8H2,1-2H3/t9-,11+/m1/s1. The lowest BCUT2D eigenvalue weighted by Crippen LogP contribution is -2.30. The smallest absolute Gasteiger partial charge is 0.244 e. The van der Waals surface area contributed by atoms with Crippen LogP contribution in [0.3, 0.4) is 0 Å². The molecule has 1 aromatic rings. The summed E-state index contributed by atoms with van der Waals surface area (Å²) in [5.41, 5.74) is 0. The molecular formula is C11H16N2O3S. The van der Waals surface area contributed by atoms with E-state index in [2.05, 4.69) is 4.98 Å². The van der Waals surface area contributed by atoms with E-state index in [1.165, 1.54) is 10.5 Å². The third kappa shape index (κ3) is 2.48. The van der Waals surface area contributed by atoms with Crippen molar-refractivity contribution in [3.8, 4) is 0 Å². The lowest BCUT2D eigenvalue weighted by atomic mass is 10.4. The zero-order valence-electron chi connectivity index (χ0n) is 9.91. The summed E-state index contributed by atoms with van der Waals surface area (Å²) in [5.74, 6) is 0.316. The minimum atomic E-state index is -3.41. The summed E-state index contributed by atoms with van der Waals surface area (Å²) < 4.78 is 30.9. The largest absolute Gasteiger partial charge is 0.384 e. The zero-order valence-corrected chi connectivity index (χ0v) is 10.7. The number of pyridine rings is 1. The summed E-state index contributed by atoms with van der Waals surface area (Å²) in [6, 6.07) is 3.24. The van der Waals surface area contributed by atoms with E-state index in [0.29, 0.717) is 12.5 Å². The van der Waals surface area contributed by atoms with Gasteiger partial charge in [0.15, 0.2) is 0 Å². The first-order valence-electron chi connectivity index (χ1n) is 5.44. The van der Waals surface area contributed by atoms with Crippen molar-refractivity contribution in [1.29, 1.82) is 0 Å². The van der Waals surface area contributed by atoms with Gasteiger partial charge in [0.2, 0.25) is 10.0 Å². The molecule has 0 spiro atoms. The molecule has 1 aliphatic rings. The Balaban J connectivity index is 2.12. The Morgan fingerprint density at radius 3 is 2.94 bits per heavy atom. The quantitative estimate of drug-likeness (QED) is 0.779. The molecule has 17 heavy (non-hydrogen) atoms. The van der Waals surface area contributed by atoms with Gasteiger partial charge in [0.25, 0.3) is 0 Å². The highest BCUT2D eigenvalue weighted by atomic mass is 32.2. The van der Waals surface area contributed by atoms with Gasteiger partial charge in [0, 0.05) is 38.5 Å². The molecule has 0 unspecified atom stereocenters.